The van der Waals surface area contributed by atoms with Gasteiger partial charge in [0, 0.05) is 18.6 Å². The van der Waals surface area contributed by atoms with Gasteiger partial charge in [0.2, 0.25) is 0 Å². The van der Waals surface area contributed by atoms with Crippen molar-refractivity contribution in [2.75, 3.05) is 5.88 Å². The predicted molar refractivity (Wildman–Crippen MR) is 67.8 cm³/mol. The van der Waals surface area contributed by atoms with Crippen LogP contribution in [0.15, 0.2) is 6.07 Å². The molecule has 0 aliphatic heterocycles. The molecule has 0 radical (unpaired) electrons. The van der Waals surface area contributed by atoms with E-state index < -0.39 is 0 Å². The molecule has 16 heavy (non-hydrogen) atoms. The van der Waals surface area contributed by atoms with Crippen LogP contribution >= 0.6 is 11.6 Å². The Morgan fingerprint density at radius 1 is 1.56 bits per heavy atom. The van der Waals surface area contributed by atoms with E-state index in [0.29, 0.717) is 0 Å². The van der Waals surface area contributed by atoms with Crippen molar-refractivity contribution in [3.8, 4) is 0 Å². The first-order valence-electron chi connectivity index (χ1n) is 6.17. The third kappa shape index (κ3) is 2.27. The van der Waals surface area contributed by atoms with Crippen LogP contribution in [-0.2, 0) is 19.9 Å². The van der Waals surface area contributed by atoms with E-state index in [1.807, 2.05) is 11.7 Å². The molecule has 1 aliphatic carbocycles. The third-order valence-electron chi connectivity index (χ3n) is 3.84. The van der Waals surface area contributed by atoms with Gasteiger partial charge >= 0.3 is 0 Å². The summed E-state index contributed by atoms with van der Waals surface area (Å²) in [4.78, 5) is 0. The number of rotatable bonds is 5. The van der Waals surface area contributed by atoms with Crippen molar-refractivity contribution in [3.63, 3.8) is 0 Å². The van der Waals surface area contributed by atoms with Crippen LogP contribution in [-0.4, -0.2) is 15.7 Å². The second-order valence-corrected chi connectivity index (χ2v) is 5.61. The molecular weight excluding hydrogens is 220 g/mol. The highest BCUT2D eigenvalue weighted by Gasteiger charge is 2.41. The fraction of sp³-hybridized carbons (Fsp3) is 0.769. The van der Waals surface area contributed by atoms with E-state index >= 15 is 0 Å². The zero-order valence-corrected chi connectivity index (χ0v) is 11.2. The van der Waals surface area contributed by atoms with Crippen LogP contribution < -0.4 is 0 Å². The van der Waals surface area contributed by atoms with Gasteiger partial charge in [0.15, 0.2) is 0 Å². The van der Waals surface area contributed by atoms with E-state index in [2.05, 4.69) is 25.0 Å². The standard InChI is InChI=1S/C13H21ClN2/c1-4-11-7-12(16(3)15-11)8-13(2,9-14)10-5-6-10/h7,10H,4-6,8-9H2,1-3H3. The summed E-state index contributed by atoms with van der Waals surface area (Å²) < 4.78 is 2.02. The molecule has 2 nitrogen and oxygen atoms in total. The smallest absolute Gasteiger partial charge is 0.0624 e. The highest BCUT2D eigenvalue weighted by atomic mass is 35.5. The molecular formula is C13H21ClN2. The Labute approximate surface area is 103 Å². The Morgan fingerprint density at radius 2 is 2.25 bits per heavy atom. The van der Waals surface area contributed by atoms with Gasteiger partial charge in [-0.25, -0.2) is 0 Å². The first-order chi connectivity index (χ1) is 7.59. The number of alkyl halides is 1. The quantitative estimate of drug-likeness (QED) is 0.723. The summed E-state index contributed by atoms with van der Waals surface area (Å²) in [6, 6.07) is 2.23. The number of aryl methyl sites for hydroxylation is 2. The molecule has 1 heterocycles. The third-order valence-corrected chi connectivity index (χ3v) is 4.45. The lowest BCUT2D eigenvalue weighted by Crippen LogP contribution is -2.25. The molecule has 1 aliphatic rings. The van der Waals surface area contributed by atoms with Crippen LogP contribution in [0.3, 0.4) is 0 Å². The van der Waals surface area contributed by atoms with Crippen LogP contribution in [0.1, 0.15) is 38.1 Å². The first-order valence-corrected chi connectivity index (χ1v) is 6.70. The fourth-order valence-electron chi connectivity index (χ4n) is 2.40. The second kappa shape index (κ2) is 4.40. The molecule has 90 valence electrons. The monoisotopic (exact) mass is 240 g/mol. The summed E-state index contributed by atoms with van der Waals surface area (Å²) >= 11 is 6.16. The Bertz CT molecular complexity index is 368. The maximum Gasteiger partial charge on any atom is 0.0624 e. The average molecular weight is 241 g/mol. The van der Waals surface area contributed by atoms with E-state index in [1.54, 1.807) is 0 Å². The van der Waals surface area contributed by atoms with E-state index in [1.165, 1.54) is 24.2 Å². The Kier molecular flexibility index (Phi) is 3.29. The van der Waals surface area contributed by atoms with Crippen molar-refractivity contribution in [1.29, 1.82) is 0 Å². The molecule has 2 rings (SSSR count). The highest BCUT2D eigenvalue weighted by molar-refractivity contribution is 6.18. The zero-order valence-electron chi connectivity index (χ0n) is 10.5. The minimum Gasteiger partial charge on any atom is -0.272 e. The molecule has 1 aromatic rings. The molecule has 1 unspecified atom stereocenters. The average Bonchev–Trinajstić information content (AvgIpc) is 3.06. The van der Waals surface area contributed by atoms with Gasteiger partial charge in [-0.05, 0) is 43.1 Å². The van der Waals surface area contributed by atoms with Gasteiger partial charge in [0.05, 0.1) is 5.69 Å². The van der Waals surface area contributed by atoms with Crippen LogP contribution in [0, 0.1) is 11.3 Å². The maximum atomic E-state index is 6.16. The molecule has 0 N–H and O–H groups in total. The maximum absolute atomic E-state index is 6.16. The highest BCUT2D eigenvalue weighted by Crippen LogP contribution is 2.48. The molecule has 0 amide bonds. The van der Waals surface area contributed by atoms with Gasteiger partial charge in [0.25, 0.3) is 0 Å². The van der Waals surface area contributed by atoms with E-state index in [0.717, 1.165) is 24.6 Å². The van der Waals surface area contributed by atoms with E-state index in [9.17, 15) is 0 Å². The van der Waals surface area contributed by atoms with E-state index in [-0.39, 0.29) is 5.41 Å². The molecule has 3 heteroatoms. The van der Waals surface area contributed by atoms with Gasteiger partial charge in [-0.2, -0.15) is 5.10 Å². The minimum absolute atomic E-state index is 0.264. The summed E-state index contributed by atoms with van der Waals surface area (Å²) in [6.07, 6.45) is 4.77. The molecule has 0 spiro atoms. The largest absolute Gasteiger partial charge is 0.272 e. The fourth-order valence-corrected chi connectivity index (χ4v) is 2.72. The molecule has 1 atom stereocenters. The zero-order chi connectivity index (χ0) is 11.8. The number of halogens is 1. The number of nitrogens with zero attached hydrogens (tertiary/aromatic N) is 2. The Morgan fingerprint density at radius 3 is 2.69 bits per heavy atom. The molecule has 1 fully saturated rings. The van der Waals surface area contributed by atoms with Crippen molar-refractivity contribution in [2.45, 2.75) is 39.5 Å². The van der Waals surface area contributed by atoms with Crippen molar-refractivity contribution >= 4 is 11.6 Å². The summed E-state index contributed by atoms with van der Waals surface area (Å²) in [5.74, 6) is 1.58. The van der Waals surface area contributed by atoms with Gasteiger partial charge < -0.3 is 0 Å². The summed E-state index contributed by atoms with van der Waals surface area (Å²) in [5, 5.41) is 4.50. The normalized spacial score (nSPS) is 19.8. The number of hydrogen-bond acceptors (Lipinski definition) is 1. The van der Waals surface area contributed by atoms with Crippen molar-refractivity contribution < 1.29 is 0 Å². The topological polar surface area (TPSA) is 17.8 Å². The summed E-state index contributed by atoms with van der Waals surface area (Å²) in [5.41, 5.74) is 2.78. The first kappa shape index (κ1) is 12.0. The van der Waals surface area contributed by atoms with Gasteiger partial charge in [-0.3, -0.25) is 4.68 Å². The number of aromatic nitrogens is 2. The molecule has 0 bridgehead atoms. The minimum atomic E-state index is 0.264. The van der Waals surface area contributed by atoms with Crippen LogP contribution in [0.4, 0.5) is 0 Å². The van der Waals surface area contributed by atoms with Crippen LogP contribution in [0.5, 0.6) is 0 Å². The van der Waals surface area contributed by atoms with Crippen LogP contribution in [0.25, 0.3) is 0 Å². The lowest BCUT2D eigenvalue weighted by molar-refractivity contribution is 0.306. The molecule has 1 aromatic heterocycles. The van der Waals surface area contributed by atoms with Crippen molar-refractivity contribution in [3.05, 3.63) is 17.5 Å². The molecule has 1 saturated carbocycles. The second-order valence-electron chi connectivity index (χ2n) is 5.34. The predicted octanol–water partition coefficient (Wildman–Crippen LogP) is 3.18. The van der Waals surface area contributed by atoms with Gasteiger partial charge in [-0.15, -0.1) is 11.6 Å². The van der Waals surface area contributed by atoms with Gasteiger partial charge in [-0.1, -0.05) is 13.8 Å². The summed E-state index contributed by atoms with van der Waals surface area (Å²) in [6.45, 7) is 4.46. The lowest BCUT2D eigenvalue weighted by atomic mass is 9.82. The summed E-state index contributed by atoms with van der Waals surface area (Å²) in [7, 11) is 2.04. The van der Waals surface area contributed by atoms with E-state index in [4.69, 9.17) is 11.6 Å². The van der Waals surface area contributed by atoms with Gasteiger partial charge in [0.1, 0.15) is 0 Å². The SMILES string of the molecule is CCc1cc(CC(C)(CCl)C2CC2)n(C)n1. The Hall–Kier alpha value is -0.500. The lowest BCUT2D eigenvalue weighted by Gasteiger charge is -2.26. The Balaban J connectivity index is 2.15. The van der Waals surface area contributed by atoms with Crippen molar-refractivity contribution in [1.82, 2.24) is 9.78 Å². The van der Waals surface area contributed by atoms with Crippen molar-refractivity contribution in [2.24, 2.45) is 18.4 Å². The molecule has 0 saturated heterocycles. The number of hydrogen-bond donors (Lipinski definition) is 0. The molecule has 0 aromatic carbocycles. The van der Waals surface area contributed by atoms with Crippen LogP contribution in [0.2, 0.25) is 0 Å².